The van der Waals surface area contributed by atoms with E-state index >= 15 is 0 Å². The van der Waals surface area contributed by atoms with E-state index in [2.05, 4.69) is 17.2 Å². The molecule has 0 saturated heterocycles. The smallest absolute Gasteiger partial charge is 0.123 e. The third kappa shape index (κ3) is 4.69. The van der Waals surface area contributed by atoms with Crippen LogP contribution in [0.3, 0.4) is 0 Å². The highest BCUT2D eigenvalue weighted by molar-refractivity contribution is 7.11. The molecule has 1 heterocycles. The Morgan fingerprint density at radius 3 is 2.60 bits per heavy atom. The second kappa shape index (κ2) is 7.50. The predicted octanol–water partition coefficient (Wildman–Crippen LogP) is 3.60. The third-order valence-corrected chi connectivity index (χ3v) is 4.21. The van der Waals surface area contributed by atoms with E-state index in [0.29, 0.717) is 5.92 Å². The first kappa shape index (κ1) is 15.1. The van der Waals surface area contributed by atoms with Gasteiger partial charge in [-0.1, -0.05) is 19.1 Å². The normalized spacial score (nSPS) is 12.6. The van der Waals surface area contributed by atoms with E-state index < -0.39 is 0 Å². The molecular weight excluding hydrogens is 271 g/mol. The summed E-state index contributed by atoms with van der Waals surface area (Å²) >= 11 is 1.76. The topological polar surface area (TPSA) is 24.9 Å². The first-order valence-electron chi connectivity index (χ1n) is 7.04. The zero-order valence-corrected chi connectivity index (χ0v) is 12.8. The van der Waals surface area contributed by atoms with Gasteiger partial charge in [0.1, 0.15) is 5.82 Å². The largest absolute Gasteiger partial charge is 0.317 e. The number of halogens is 1. The van der Waals surface area contributed by atoms with Crippen molar-refractivity contribution in [2.24, 2.45) is 5.92 Å². The van der Waals surface area contributed by atoms with Crippen LogP contribution >= 0.6 is 11.3 Å². The van der Waals surface area contributed by atoms with Gasteiger partial charge in [0.25, 0.3) is 0 Å². The lowest BCUT2D eigenvalue weighted by atomic mass is 9.95. The van der Waals surface area contributed by atoms with Gasteiger partial charge in [0.05, 0.1) is 5.01 Å². The van der Waals surface area contributed by atoms with E-state index in [1.165, 1.54) is 22.6 Å². The lowest BCUT2D eigenvalue weighted by Crippen LogP contribution is -2.25. The number of nitrogens with zero attached hydrogens (tertiary/aromatic N) is 1. The number of thiazole rings is 1. The van der Waals surface area contributed by atoms with Gasteiger partial charge in [0.2, 0.25) is 0 Å². The van der Waals surface area contributed by atoms with E-state index in [-0.39, 0.29) is 5.82 Å². The summed E-state index contributed by atoms with van der Waals surface area (Å²) < 4.78 is 13.0. The van der Waals surface area contributed by atoms with E-state index in [1.54, 1.807) is 11.3 Å². The van der Waals surface area contributed by atoms with Crippen molar-refractivity contribution >= 4 is 11.3 Å². The molecule has 1 unspecified atom stereocenters. The van der Waals surface area contributed by atoms with E-state index in [1.807, 2.05) is 25.3 Å². The maximum absolute atomic E-state index is 13.0. The Morgan fingerprint density at radius 2 is 2.00 bits per heavy atom. The number of hydrogen-bond donors (Lipinski definition) is 1. The van der Waals surface area contributed by atoms with Crippen LogP contribution in [0, 0.1) is 18.7 Å². The Balaban J connectivity index is 2.00. The van der Waals surface area contributed by atoms with Crippen molar-refractivity contribution in [3.05, 3.63) is 51.7 Å². The van der Waals surface area contributed by atoms with E-state index in [0.717, 1.165) is 30.9 Å². The van der Waals surface area contributed by atoms with Crippen LogP contribution in [0.2, 0.25) is 0 Å². The van der Waals surface area contributed by atoms with Crippen LogP contribution in [-0.4, -0.2) is 18.1 Å². The molecule has 0 spiro atoms. The molecule has 20 heavy (non-hydrogen) atoms. The molecule has 1 N–H and O–H groups in total. The van der Waals surface area contributed by atoms with Gasteiger partial charge >= 0.3 is 0 Å². The van der Waals surface area contributed by atoms with Gasteiger partial charge in [-0.05, 0) is 56.5 Å². The Labute approximate surface area is 124 Å². The van der Waals surface area contributed by atoms with Gasteiger partial charge in [-0.15, -0.1) is 11.3 Å². The van der Waals surface area contributed by atoms with E-state index in [4.69, 9.17) is 0 Å². The van der Waals surface area contributed by atoms with Crippen molar-refractivity contribution in [2.45, 2.75) is 26.7 Å². The SMILES string of the molecule is CCNCC(Cc1ccc(F)cc1)Cc1cnc(C)s1. The molecule has 0 bridgehead atoms. The van der Waals surface area contributed by atoms with Gasteiger partial charge in [-0.2, -0.15) is 0 Å². The molecule has 0 fully saturated rings. The van der Waals surface area contributed by atoms with Crippen LogP contribution in [0.25, 0.3) is 0 Å². The number of benzene rings is 1. The fourth-order valence-corrected chi connectivity index (χ4v) is 3.21. The predicted molar refractivity (Wildman–Crippen MR) is 82.7 cm³/mol. The summed E-state index contributed by atoms with van der Waals surface area (Å²) in [5.74, 6) is 0.343. The highest BCUT2D eigenvalue weighted by Gasteiger charge is 2.12. The lowest BCUT2D eigenvalue weighted by Gasteiger charge is -2.16. The molecule has 0 aliphatic heterocycles. The summed E-state index contributed by atoms with van der Waals surface area (Å²) in [5.41, 5.74) is 1.19. The number of rotatable bonds is 7. The lowest BCUT2D eigenvalue weighted by molar-refractivity contribution is 0.480. The minimum absolute atomic E-state index is 0.171. The summed E-state index contributed by atoms with van der Waals surface area (Å²) in [7, 11) is 0. The van der Waals surface area contributed by atoms with Crippen LogP contribution < -0.4 is 5.32 Å². The molecule has 2 aromatic rings. The maximum Gasteiger partial charge on any atom is 0.123 e. The molecule has 1 aromatic heterocycles. The molecule has 0 aliphatic carbocycles. The highest BCUT2D eigenvalue weighted by atomic mass is 32.1. The van der Waals surface area contributed by atoms with Crippen molar-refractivity contribution < 1.29 is 4.39 Å². The third-order valence-electron chi connectivity index (χ3n) is 3.28. The number of aryl methyl sites for hydroxylation is 1. The average molecular weight is 292 g/mol. The summed E-state index contributed by atoms with van der Waals surface area (Å²) in [4.78, 5) is 5.64. The molecule has 1 atom stereocenters. The molecular formula is C16H21FN2S. The second-order valence-electron chi connectivity index (χ2n) is 5.05. The van der Waals surface area contributed by atoms with Crippen molar-refractivity contribution in [3.8, 4) is 0 Å². The minimum Gasteiger partial charge on any atom is -0.317 e. The quantitative estimate of drug-likeness (QED) is 0.843. The van der Waals surface area contributed by atoms with Gasteiger partial charge in [0.15, 0.2) is 0 Å². The van der Waals surface area contributed by atoms with Crippen molar-refractivity contribution in [1.82, 2.24) is 10.3 Å². The zero-order chi connectivity index (χ0) is 14.4. The molecule has 2 nitrogen and oxygen atoms in total. The Hall–Kier alpha value is -1.26. The maximum atomic E-state index is 13.0. The van der Waals surface area contributed by atoms with Crippen molar-refractivity contribution in [1.29, 1.82) is 0 Å². The van der Waals surface area contributed by atoms with Crippen LogP contribution in [0.15, 0.2) is 30.5 Å². The molecule has 1 aromatic carbocycles. The Kier molecular flexibility index (Phi) is 5.68. The number of nitrogens with one attached hydrogen (secondary N) is 1. The fraction of sp³-hybridized carbons (Fsp3) is 0.438. The number of hydrogen-bond acceptors (Lipinski definition) is 3. The van der Waals surface area contributed by atoms with Crippen LogP contribution in [-0.2, 0) is 12.8 Å². The van der Waals surface area contributed by atoms with Crippen LogP contribution in [0.5, 0.6) is 0 Å². The summed E-state index contributed by atoms with van der Waals surface area (Å²) in [5, 5.41) is 4.53. The number of aromatic nitrogens is 1. The fourth-order valence-electron chi connectivity index (χ4n) is 2.30. The molecule has 108 valence electrons. The monoisotopic (exact) mass is 292 g/mol. The summed E-state index contributed by atoms with van der Waals surface area (Å²) in [6, 6.07) is 6.84. The van der Waals surface area contributed by atoms with Crippen molar-refractivity contribution in [3.63, 3.8) is 0 Å². The molecule has 4 heteroatoms. The van der Waals surface area contributed by atoms with Gasteiger partial charge in [-0.3, -0.25) is 0 Å². The minimum atomic E-state index is -0.171. The van der Waals surface area contributed by atoms with Crippen LogP contribution in [0.4, 0.5) is 4.39 Å². The summed E-state index contributed by atoms with van der Waals surface area (Å²) in [6.07, 6.45) is 3.96. The van der Waals surface area contributed by atoms with Crippen LogP contribution in [0.1, 0.15) is 22.4 Å². The summed E-state index contributed by atoms with van der Waals surface area (Å²) in [6.45, 7) is 6.10. The Bertz CT molecular complexity index is 522. The molecule has 0 amide bonds. The first-order chi connectivity index (χ1) is 9.67. The van der Waals surface area contributed by atoms with Gasteiger partial charge in [0, 0.05) is 11.1 Å². The zero-order valence-electron chi connectivity index (χ0n) is 12.0. The van der Waals surface area contributed by atoms with E-state index in [9.17, 15) is 4.39 Å². The van der Waals surface area contributed by atoms with Crippen molar-refractivity contribution in [2.75, 3.05) is 13.1 Å². The molecule has 0 saturated carbocycles. The first-order valence-corrected chi connectivity index (χ1v) is 7.85. The second-order valence-corrected chi connectivity index (χ2v) is 6.37. The average Bonchev–Trinajstić information content (AvgIpc) is 2.84. The molecule has 0 radical (unpaired) electrons. The van der Waals surface area contributed by atoms with Gasteiger partial charge < -0.3 is 5.32 Å². The Morgan fingerprint density at radius 1 is 1.25 bits per heavy atom. The highest BCUT2D eigenvalue weighted by Crippen LogP contribution is 2.19. The standard InChI is InChI=1S/C16H21FN2S/c1-3-18-10-14(9-16-11-19-12(2)20-16)8-13-4-6-15(17)7-5-13/h4-7,11,14,18H,3,8-10H2,1-2H3. The van der Waals surface area contributed by atoms with Gasteiger partial charge in [-0.25, -0.2) is 9.37 Å². The molecule has 0 aliphatic rings. The molecule has 2 rings (SSSR count).